The number of hydrogen-bond donors (Lipinski definition) is 3. The molecule has 9 heavy (non-hydrogen) atoms. The Morgan fingerprint density at radius 2 is 2.00 bits per heavy atom. The topological polar surface area (TPSA) is 64.1 Å². The van der Waals surface area contributed by atoms with E-state index < -0.39 is 0 Å². The monoisotopic (exact) mass is 125 g/mol. The maximum atomic E-state index is 5.49. The van der Waals surface area contributed by atoms with Crippen molar-refractivity contribution in [3.05, 3.63) is 24.3 Å². The molecule has 0 amide bonds. The molecular weight excluding hydrogens is 114 g/mol. The van der Waals surface area contributed by atoms with Crippen LogP contribution in [0.4, 0.5) is 11.4 Å². The molecule has 1 rings (SSSR count). The Hall–Kier alpha value is -1.22. The summed E-state index contributed by atoms with van der Waals surface area (Å²) in [6.45, 7) is 0. The number of nitrogens with two attached hydrogens (primary N) is 2. The largest absolute Gasteiger partial charge is 0.397 e. The van der Waals surface area contributed by atoms with Crippen LogP contribution in [0.1, 0.15) is 1.43 Å². The van der Waals surface area contributed by atoms with Crippen molar-refractivity contribution in [2.45, 2.75) is 0 Å². The van der Waals surface area contributed by atoms with Gasteiger partial charge in [-0.2, -0.15) is 0 Å². The summed E-state index contributed by atoms with van der Waals surface area (Å²) in [5, 5.41) is 0. The standard InChI is InChI=1S/C6H9N3.H2/c7-5-3-1-2-4-6(5)9-8;/h1-4,9H,7-8H2;1H. The molecule has 5 N–H and O–H groups in total. The predicted molar refractivity (Wildman–Crippen MR) is 40.8 cm³/mol. The van der Waals surface area contributed by atoms with E-state index in [0.717, 1.165) is 5.69 Å². The van der Waals surface area contributed by atoms with Crippen molar-refractivity contribution in [3.8, 4) is 0 Å². The molecule has 0 saturated carbocycles. The number of para-hydroxylation sites is 2. The van der Waals surface area contributed by atoms with Gasteiger partial charge in [-0.15, -0.1) is 0 Å². The maximum Gasteiger partial charge on any atom is 0.0715 e. The third-order valence-corrected chi connectivity index (χ3v) is 1.12. The number of anilines is 2. The second-order valence-electron chi connectivity index (χ2n) is 1.73. The molecule has 0 saturated heterocycles. The van der Waals surface area contributed by atoms with Crippen LogP contribution >= 0.6 is 0 Å². The van der Waals surface area contributed by atoms with Crippen LogP contribution in [0.2, 0.25) is 0 Å². The highest BCUT2D eigenvalue weighted by atomic mass is 15.2. The van der Waals surface area contributed by atoms with Gasteiger partial charge in [-0.3, -0.25) is 5.84 Å². The fourth-order valence-electron chi connectivity index (χ4n) is 0.628. The fraction of sp³-hybridized carbons (Fsp3) is 0. The van der Waals surface area contributed by atoms with Crippen molar-refractivity contribution < 1.29 is 1.43 Å². The molecule has 0 unspecified atom stereocenters. The van der Waals surface area contributed by atoms with Crippen molar-refractivity contribution in [2.75, 3.05) is 11.2 Å². The SMILES string of the molecule is NNc1ccccc1N.[HH]. The Bertz CT molecular complexity index is 202. The number of hydrazine groups is 1. The van der Waals surface area contributed by atoms with Crippen molar-refractivity contribution in [1.29, 1.82) is 0 Å². The molecule has 0 heterocycles. The van der Waals surface area contributed by atoms with Crippen LogP contribution in [0.5, 0.6) is 0 Å². The Kier molecular flexibility index (Phi) is 1.55. The van der Waals surface area contributed by atoms with E-state index in [0.29, 0.717) is 5.69 Å². The molecule has 1 aromatic carbocycles. The minimum atomic E-state index is 0. The highest BCUT2D eigenvalue weighted by Crippen LogP contribution is 2.13. The number of nitrogens with one attached hydrogen (secondary N) is 1. The lowest BCUT2D eigenvalue weighted by atomic mass is 10.3. The third-order valence-electron chi connectivity index (χ3n) is 1.12. The van der Waals surface area contributed by atoms with Crippen molar-refractivity contribution >= 4 is 11.4 Å². The van der Waals surface area contributed by atoms with E-state index in [4.69, 9.17) is 11.6 Å². The zero-order chi connectivity index (χ0) is 6.69. The van der Waals surface area contributed by atoms with Crippen LogP contribution in [0, 0.1) is 0 Å². The van der Waals surface area contributed by atoms with Crippen molar-refractivity contribution in [1.82, 2.24) is 0 Å². The van der Waals surface area contributed by atoms with E-state index in [1.165, 1.54) is 0 Å². The Balaban J connectivity index is 0.000000810. The molecule has 1 aromatic rings. The molecule has 0 aromatic heterocycles. The lowest BCUT2D eigenvalue weighted by molar-refractivity contribution is 1.35. The van der Waals surface area contributed by atoms with Crippen LogP contribution in [-0.4, -0.2) is 0 Å². The summed E-state index contributed by atoms with van der Waals surface area (Å²) in [7, 11) is 0. The first-order valence-corrected chi connectivity index (χ1v) is 2.65. The van der Waals surface area contributed by atoms with Gasteiger partial charge in [0.2, 0.25) is 0 Å². The van der Waals surface area contributed by atoms with Gasteiger partial charge in [0, 0.05) is 1.43 Å². The second kappa shape index (κ2) is 2.37. The quantitative estimate of drug-likeness (QED) is 0.295. The number of rotatable bonds is 1. The molecule has 0 radical (unpaired) electrons. The molecule has 0 bridgehead atoms. The van der Waals surface area contributed by atoms with Gasteiger partial charge in [-0.05, 0) is 12.1 Å². The smallest absolute Gasteiger partial charge is 0.0715 e. The van der Waals surface area contributed by atoms with Gasteiger partial charge in [-0.1, -0.05) is 12.1 Å². The van der Waals surface area contributed by atoms with Gasteiger partial charge in [-0.25, -0.2) is 0 Å². The first kappa shape index (κ1) is 5.91. The van der Waals surface area contributed by atoms with E-state index in [9.17, 15) is 0 Å². The zero-order valence-electron chi connectivity index (χ0n) is 4.96. The molecule has 0 aliphatic heterocycles. The van der Waals surface area contributed by atoms with Gasteiger partial charge in [0.05, 0.1) is 11.4 Å². The number of benzene rings is 1. The molecule has 0 aliphatic rings. The molecule has 3 heteroatoms. The predicted octanol–water partition coefficient (Wildman–Crippen LogP) is 0.800. The molecule has 50 valence electrons. The van der Waals surface area contributed by atoms with Crippen LogP contribution < -0.4 is 17.0 Å². The Labute approximate surface area is 55.1 Å². The van der Waals surface area contributed by atoms with Crippen LogP contribution in [0.25, 0.3) is 0 Å². The van der Waals surface area contributed by atoms with E-state index in [-0.39, 0.29) is 1.43 Å². The summed E-state index contributed by atoms with van der Waals surface area (Å²) >= 11 is 0. The Morgan fingerprint density at radius 3 is 2.44 bits per heavy atom. The fourth-order valence-corrected chi connectivity index (χ4v) is 0.628. The van der Waals surface area contributed by atoms with Gasteiger partial charge in [0.15, 0.2) is 0 Å². The summed E-state index contributed by atoms with van der Waals surface area (Å²) in [6.07, 6.45) is 0. The molecule has 0 spiro atoms. The minimum Gasteiger partial charge on any atom is -0.397 e. The van der Waals surface area contributed by atoms with Crippen molar-refractivity contribution in [3.63, 3.8) is 0 Å². The van der Waals surface area contributed by atoms with E-state index in [2.05, 4.69) is 5.43 Å². The number of nitrogen functional groups attached to an aromatic ring is 2. The molecular formula is C6H11N3. The van der Waals surface area contributed by atoms with E-state index >= 15 is 0 Å². The average Bonchev–Trinajstić information content (AvgIpc) is 1.89. The van der Waals surface area contributed by atoms with Crippen LogP contribution in [0.3, 0.4) is 0 Å². The normalized spacial score (nSPS) is 9.00. The second-order valence-corrected chi connectivity index (χ2v) is 1.73. The third kappa shape index (κ3) is 1.12. The van der Waals surface area contributed by atoms with Gasteiger partial charge in [0.25, 0.3) is 0 Å². The average molecular weight is 125 g/mol. The summed E-state index contributed by atoms with van der Waals surface area (Å²) < 4.78 is 0. The molecule has 0 fully saturated rings. The first-order valence-electron chi connectivity index (χ1n) is 2.65. The minimum absolute atomic E-state index is 0. The maximum absolute atomic E-state index is 5.49. The van der Waals surface area contributed by atoms with Crippen molar-refractivity contribution in [2.24, 2.45) is 5.84 Å². The van der Waals surface area contributed by atoms with Gasteiger partial charge < -0.3 is 11.2 Å². The van der Waals surface area contributed by atoms with E-state index in [1.54, 1.807) is 6.07 Å². The van der Waals surface area contributed by atoms with Crippen LogP contribution in [-0.2, 0) is 0 Å². The lowest BCUT2D eigenvalue weighted by Gasteiger charge is -2.00. The number of hydrogen-bond acceptors (Lipinski definition) is 3. The molecule has 3 nitrogen and oxygen atoms in total. The van der Waals surface area contributed by atoms with E-state index in [1.807, 2.05) is 18.2 Å². The summed E-state index contributed by atoms with van der Waals surface area (Å²) in [5.74, 6) is 5.12. The first-order chi connectivity index (χ1) is 4.34. The highest BCUT2D eigenvalue weighted by Gasteiger charge is 1.89. The highest BCUT2D eigenvalue weighted by molar-refractivity contribution is 5.64. The van der Waals surface area contributed by atoms with Crippen LogP contribution in [0.15, 0.2) is 24.3 Å². The lowest BCUT2D eigenvalue weighted by Crippen LogP contribution is -2.08. The molecule has 0 aliphatic carbocycles. The Morgan fingerprint density at radius 1 is 1.33 bits per heavy atom. The zero-order valence-corrected chi connectivity index (χ0v) is 4.96. The molecule has 0 atom stereocenters. The summed E-state index contributed by atoms with van der Waals surface area (Å²) in [5.41, 5.74) is 9.39. The van der Waals surface area contributed by atoms with Gasteiger partial charge >= 0.3 is 0 Å². The summed E-state index contributed by atoms with van der Waals surface area (Å²) in [4.78, 5) is 0. The van der Waals surface area contributed by atoms with Gasteiger partial charge in [0.1, 0.15) is 0 Å². The summed E-state index contributed by atoms with van der Waals surface area (Å²) in [6, 6.07) is 7.33.